The predicted octanol–water partition coefficient (Wildman–Crippen LogP) is 6.14. The minimum absolute atomic E-state index is 0.110. The second-order valence-corrected chi connectivity index (χ2v) is 7.99. The number of hydrogen-bond donors (Lipinski definition) is 1. The molecule has 0 bridgehead atoms. The van der Waals surface area contributed by atoms with Crippen LogP contribution in [0.15, 0.2) is 36.5 Å². The van der Waals surface area contributed by atoms with Crippen LogP contribution in [0.1, 0.15) is 89.9 Å². The van der Waals surface area contributed by atoms with Crippen molar-refractivity contribution in [2.75, 3.05) is 13.2 Å². The molecule has 1 aliphatic rings. The molecule has 30 heavy (non-hydrogen) atoms. The van der Waals surface area contributed by atoms with Gasteiger partial charge in [-0.1, -0.05) is 63.0 Å². The molecule has 1 N–H and O–H groups in total. The zero-order valence-corrected chi connectivity index (χ0v) is 18.5. The number of esters is 1. The monoisotopic (exact) mass is 420 g/mol. The molecule has 5 heteroatoms. The Morgan fingerprint density at radius 2 is 1.40 bits per heavy atom. The van der Waals surface area contributed by atoms with Gasteiger partial charge in [-0.25, -0.2) is 4.79 Å². The fourth-order valence-corrected chi connectivity index (χ4v) is 3.07. The van der Waals surface area contributed by atoms with Gasteiger partial charge in [-0.05, 0) is 51.4 Å². The Labute approximate surface area is 182 Å². The number of hydrogen-bond acceptors (Lipinski definition) is 4. The summed E-state index contributed by atoms with van der Waals surface area (Å²) >= 11 is 0. The summed E-state index contributed by atoms with van der Waals surface area (Å²) in [4.78, 5) is 22.1. The molecule has 1 saturated heterocycles. The van der Waals surface area contributed by atoms with Gasteiger partial charge in [-0.3, -0.25) is 4.79 Å². The van der Waals surface area contributed by atoms with E-state index in [1.807, 2.05) is 0 Å². The van der Waals surface area contributed by atoms with E-state index in [4.69, 9.17) is 14.6 Å². The summed E-state index contributed by atoms with van der Waals surface area (Å²) in [7, 11) is 0. The zero-order valence-electron chi connectivity index (χ0n) is 18.5. The normalized spacial score (nSPS) is 15.7. The first-order valence-electron chi connectivity index (χ1n) is 11.6. The molecule has 0 aromatic heterocycles. The van der Waals surface area contributed by atoms with Crippen molar-refractivity contribution in [3.8, 4) is 0 Å². The molecule has 0 spiro atoms. The van der Waals surface area contributed by atoms with E-state index in [2.05, 4.69) is 30.9 Å². The number of carbonyl (C=O) groups excluding carboxylic acids is 1. The largest absolute Gasteiger partial charge is 0.481 e. The zero-order chi connectivity index (χ0) is 21.9. The molecular weight excluding hydrogens is 380 g/mol. The van der Waals surface area contributed by atoms with E-state index in [0.717, 1.165) is 51.4 Å². The van der Waals surface area contributed by atoms with Gasteiger partial charge in [-0.15, -0.1) is 0 Å². The summed E-state index contributed by atoms with van der Waals surface area (Å²) in [5.74, 6) is -0.969. The highest BCUT2D eigenvalue weighted by molar-refractivity contribution is 5.87. The molecule has 0 aliphatic carbocycles. The molecule has 0 amide bonds. The molecule has 1 aliphatic heterocycles. The van der Waals surface area contributed by atoms with Crippen molar-refractivity contribution in [3.63, 3.8) is 0 Å². The van der Waals surface area contributed by atoms with Crippen LogP contribution in [0.25, 0.3) is 0 Å². The summed E-state index contributed by atoms with van der Waals surface area (Å²) in [6.07, 6.45) is 23.1. The lowest BCUT2D eigenvalue weighted by Crippen LogP contribution is -2.11. The van der Waals surface area contributed by atoms with Crippen LogP contribution in [-0.2, 0) is 19.1 Å². The fourth-order valence-electron chi connectivity index (χ4n) is 3.07. The molecule has 5 nitrogen and oxygen atoms in total. The second-order valence-electron chi connectivity index (χ2n) is 7.99. The molecule has 1 rings (SSSR count). The quantitative estimate of drug-likeness (QED) is 0.0841. The third-order valence-electron chi connectivity index (χ3n) is 5.06. The molecule has 0 saturated carbocycles. The Hall–Kier alpha value is -1.88. The first-order chi connectivity index (χ1) is 14.6. The molecule has 1 unspecified atom stereocenters. The van der Waals surface area contributed by atoms with Gasteiger partial charge in [0.05, 0.1) is 6.61 Å². The van der Waals surface area contributed by atoms with Gasteiger partial charge in [0, 0.05) is 12.0 Å². The summed E-state index contributed by atoms with van der Waals surface area (Å²) in [6.45, 7) is 4.87. The number of rotatable bonds is 20. The van der Waals surface area contributed by atoms with Crippen LogP contribution >= 0.6 is 0 Å². The van der Waals surface area contributed by atoms with E-state index in [9.17, 15) is 9.59 Å². The summed E-state index contributed by atoms with van der Waals surface area (Å²) in [5, 5.41) is 8.57. The van der Waals surface area contributed by atoms with E-state index in [1.165, 1.54) is 25.7 Å². The number of carboxylic acid groups (broad SMARTS) is 1. The van der Waals surface area contributed by atoms with Gasteiger partial charge in [0.2, 0.25) is 0 Å². The van der Waals surface area contributed by atoms with Crippen molar-refractivity contribution in [1.82, 2.24) is 0 Å². The Bertz CT molecular complexity index is 546. The summed E-state index contributed by atoms with van der Waals surface area (Å²) in [6, 6.07) is 0. The first kappa shape index (κ1) is 26.2. The van der Waals surface area contributed by atoms with E-state index >= 15 is 0 Å². The molecule has 0 aromatic rings. The van der Waals surface area contributed by atoms with E-state index in [1.54, 1.807) is 0 Å². The van der Waals surface area contributed by atoms with Crippen LogP contribution in [0.2, 0.25) is 0 Å². The van der Waals surface area contributed by atoms with Crippen molar-refractivity contribution in [2.45, 2.75) is 96.0 Å². The molecular formula is C25H40O5. The van der Waals surface area contributed by atoms with Crippen molar-refractivity contribution >= 4 is 11.9 Å². The number of allylic oxidation sites excluding steroid dienone is 4. The van der Waals surface area contributed by atoms with Crippen LogP contribution in [0.5, 0.6) is 0 Å². The van der Waals surface area contributed by atoms with Gasteiger partial charge in [0.15, 0.2) is 0 Å². The topological polar surface area (TPSA) is 76.1 Å². The molecule has 1 atom stereocenters. The lowest BCUT2D eigenvalue weighted by atomic mass is 10.1. The minimum Gasteiger partial charge on any atom is -0.481 e. The van der Waals surface area contributed by atoms with Crippen molar-refractivity contribution in [2.24, 2.45) is 0 Å². The Morgan fingerprint density at radius 1 is 0.867 bits per heavy atom. The molecule has 0 radical (unpaired) electrons. The lowest BCUT2D eigenvalue weighted by Gasteiger charge is -2.05. The maximum absolute atomic E-state index is 11.7. The number of aliphatic carboxylic acids is 1. The summed E-state index contributed by atoms with van der Waals surface area (Å²) in [5.41, 5.74) is 0.570. The Morgan fingerprint density at radius 3 is 1.97 bits per heavy atom. The number of ether oxygens (including phenoxy) is 2. The van der Waals surface area contributed by atoms with Gasteiger partial charge in [0.25, 0.3) is 0 Å². The average molecular weight is 421 g/mol. The first-order valence-corrected chi connectivity index (χ1v) is 11.6. The van der Waals surface area contributed by atoms with E-state index in [0.29, 0.717) is 31.6 Å². The maximum atomic E-state index is 11.7. The highest BCUT2D eigenvalue weighted by atomic mass is 16.6. The third kappa shape index (κ3) is 17.0. The SMILES string of the molecule is C=C(CCCCCC/C=C\C/C=C\CCCCCCCC(=O)O)C(=O)OCC1CO1. The highest BCUT2D eigenvalue weighted by Gasteiger charge is 2.24. The smallest absolute Gasteiger partial charge is 0.333 e. The average Bonchev–Trinajstić information content (AvgIpc) is 3.55. The standard InChI is InChI=1S/C25H40O5/c1-22(25(28)30-21-23-20-29-23)18-16-14-12-10-8-6-4-2-3-5-7-9-11-13-15-17-19-24(26)27/h3-6,23H,1-2,7-21H2,(H,26,27)/b5-3-,6-4-. The number of carboxylic acids is 1. The Kier molecular flexibility index (Phi) is 15.6. The van der Waals surface area contributed by atoms with Crippen LogP contribution in [-0.4, -0.2) is 36.4 Å². The number of carbonyl (C=O) groups is 2. The number of unbranched alkanes of at least 4 members (excludes halogenated alkanes) is 9. The van der Waals surface area contributed by atoms with Gasteiger partial charge in [-0.2, -0.15) is 0 Å². The minimum atomic E-state index is -0.688. The van der Waals surface area contributed by atoms with Crippen LogP contribution < -0.4 is 0 Å². The third-order valence-corrected chi connectivity index (χ3v) is 5.06. The maximum Gasteiger partial charge on any atom is 0.333 e. The van der Waals surface area contributed by atoms with Gasteiger partial charge >= 0.3 is 11.9 Å². The van der Waals surface area contributed by atoms with Crippen LogP contribution in [0, 0.1) is 0 Å². The fraction of sp³-hybridized carbons (Fsp3) is 0.680. The number of epoxide rings is 1. The molecule has 1 heterocycles. The second kappa shape index (κ2) is 17.9. The summed E-state index contributed by atoms with van der Waals surface area (Å²) < 4.78 is 10.1. The van der Waals surface area contributed by atoms with Gasteiger partial charge in [0.1, 0.15) is 12.7 Å². The van der Waals surface area contributed by atoms with Crippen LogP contribution in [0.3, 0.4) is 0 Å². The van der Waals surface area contributed by atoms with E-state index in [-0.39, 0.29) is 12.1 Å². The highest BCUT2D eigenvalue weighted by Crippen LogP contribution is 2.14. The molecule has 170 valence electrons. The Balaban J connectivity index is 1.81. The van der Waals surface area contributed by atoms with Crippen molar-refractivity contribution in [1.29, 1.82) is 0 Å². The van der Waals surface area contributed by atoms with Crippen molar-refractivity contribution < 1.29 is 24.2 Å². The van der Waals surface area contributed by atoms with Crippen LogP contribution in [0.4, 0.5) is 0 Å². The van der Waals surface area contributed by atoms with Gasteiger partial charge < -0.3 is 14.6 Å². The lowest BCUT2D eigenvalue weighted by molar-refractivity contribution is -0.140. The molecule has 0 aromatic carbocycles. The molecule has 1 fully saturated rings. The van der Waals surface area contributed by atoms with E-state index < -0.39 is 5.97 Å². The predicted molar refractivity (Wildman–Crippen MR) is 120 cm³/mol. The van der Waals surface area contributed by atoms with Crippen molar-refractivity contribution in [3.05, 3.63) is 36.5 Å².